The maximum Gasteiger partial charge on any atom is 0.311 e. The molecule has 30 heavy (non-hydrogen) atoms. The average molecular weight is 429 g/mol. The smallest absolute Gasteiger partial charge is 0.311 e. The number of carbonyl (C=O) groups is 2. The fourth-order valence-electron chi connectivity index (χ4n) is 3.70. The number of aryl methyl sites for hydroxylation is 2. The first-order chi connectivity index (χ1) is 14.3. The van der Waals surface area contributed by atoms with Crippen LogP contribution in [0.3, 0.4) is 0 Å². The summed E-state index contributed by atoms with van der Waals surface area (Å²) in [5.41, 5.74) is 0.691. The quantitative estimate of drug-likeness (QED) is 0.638. The normalized spacial score (nSPS) is 17.8. The molecule has 1 N–H and O–H groups in total. The van der Waals surface area contributed by atoms with E-state index in [-0.39, 0.29) is 23.8 Å². The Kier molecular flexibility index (Phi) is 5.46. The number of ether oxygens (including phenoxy) is 1. The number of hydrogen-bond donors (Lipinski definition) is 1. The first-order valence-corrected chi connectivity index (χ1v) is 10.7. The summed E-state index contributed by atoms with van der Waals surface area (Å²) in [5, 5.41) is 0.583. The Morgan fingerprint density at radius 2 is 2.20 bits per heavy atom. The molecular formula is C21H23N3O5S. The highest BCUT2D eigenvalue weighted by atomic mass is 32.1. The zero-order valence-electron chi connectivity index (χ0n) is 17.1. The van der Waals surface area contributed by atoms with Crippen molar-refractivity contribution in [1.29, 1.82) is 0 Å². The summed E-state index contributed by atoms with van der Waals surface area (Å²) in [5.74, 6) is -0.483. The molecular weight excluding hydrogens is 406 g/mol. The number of piperidine rings is 1. The number of aromatic amines is 1. The molecule has 1 aliphatic rings. The summed E-state index contributed by atoms with van der Waals surface area (Å²) in [4.78, 5) is 48.2. The number of thiophene rings is 1. The average Bonchev–Trinajstić information content (AvgIpc) is 3.36. The van der Waals surface area contributed by atoms with Crippen molar-refractivity contribution in [2.75, 3.05) is 13.1 Å². The van der Waals surface area contributed by atoms with Crippen LogP contribution >= 0.6 is 11.3 Å². The molecule has 1 aliphatic heterocycles. The van der Waals surface area contributed by atoms with Crippen molar-refractivity contribution < 1.29 is 18.7 Å². The Morgan fingerprint density at radius 1 is 1.40 bits per heavy atom. The van der Waals surface area contributed by atoms with Crippen molar-refractivity contribution in [2.45, 2.75) is 39.7 Å². The van der Waals surface area contributed by atoms with E-state index >= 15 is 0 Å². The predicted octanol–water partition coefficient (Wildman–Crippen LogP) is 3.35. The lowest BCUT2D eigenvalue weighted by molar-refractivity contribution is -0.155. The lowest BCUT2D eigenvalue weighted by atomic mass is 9.98. The van der Waals surface area contributed by atoms with Crippen LogP contribution in [0, 0.1) is 19.8 Å². The molecule has 158 valence electrons. The van der Waals surface area contributed by atoms with Gasteiger partial charge in [0.2, 0.25) is 0 Å². The summed E-state index contributed by atoms with van der Waals surface area (Å²) in [6.07, 6.45) is 2.09. The molecule has 0 spiro atoms. The number of rotatable bonds is 4. The van der Waals surface area contributed by atoms with Gasteiger partial charge in [-0.15, -0.1) is 11.3 Å². The highest BCUT2D eigenvalue weighted by Crippen LogP contribution is 2.28. The minimum absolute atomic E-state index is 0.229. The lowest BCUT2D eigenvalue weighted by Crippen LogP contribution is -2.42. The van der Waals surface area contributed by atoms with Gasteiger partial charge in [0.05, 0.1) is 17.6 Å². The summed E-state index contributed by atoms with van der Waals surface area (Å²) in [6.45, 7) is 6.37. The number of likely N-dealkylation sites (tertiary alicyclic amines) is 1. The highest BCUT2D eigenvalue weighted by Gasteiger charge is 2.32. The van der Waals surface area contributed by atoms with Crippen molar-refractivity contribution in [3.8, 4) is 0 Å². The SMILES string of the molecule is Cc1sc2nc(C(C)OC(=O)C3CCCN(C(=O)c4ccco4)C3)[nH]c(=O)c2c1C. The number of aromatic nitrogens is 2. The van der Waals surface area contributed by atoms with E-state index in [2.05, 4.69) is 9.97 Å². The summed E-state index contributed by atoms with van der Waals surface area (Å²) in [6, 6.07) is 3.27. The van der Waals surface area contributed by atoms with E-state index in [1.54, 1.807) is 24.0 Å². The first kappa shape index (κ1) is 20.3. The second kappa shape index (κ2) is 8.06. The number of fused-ring (bicyclic) bond motifs is 1. The number of H-pyrrole nitrogens is 1. The third-order valence-corrected chi connectivity index (χ3v) is 6.61. The minimum Gasteiger partial charge on any atom is -0.459 e. The standard InChI is InChI=1S/C21H23N3O5S/c1-11-13(3)30-19-16(11)18(25)22-17(23-19)12(2)29-21(27)14-6-4-8-24(10-14)20(26)15-7-5-9-28-15/h5,7,9,12,14H,4,6,8,10H2,1-3H3,(H,22,23,25). The Hall–Kier alpha value is -2.94. The largest absolute Gasteiger partial charge is 0.459 e. The van der Waals surface area contributed by atoms with Crippen LogP contribution in [-0.4, -0.2) is 39.8 Å². The van der Waals surface area contributed by atoms with Crippen LogP contribution in [0.2, 0.25) is 0 Å². The molecule has 0 aliphatic carbocycles. The van der Waals surface area contributed by atoms with Crippen molar-refractivity contribution in [3.63, 3.8) is 0 Å². The van der Waals surface area contributed by atoms with Gasteiger partial charge in [-0.25, -0.2) is 4.98 Å². The van der Waals surface area contributed by atoms with Crippen LogP contribution in [0.25, 0.3) is 10.2 Å². The molecule has 0 saturated carbocycles. The van der Waals surface area contributed by atoms with Crippen LogP contribution in [0.5, 0.6) is 0 Å². The van der Waals surface area contributed by atoms with Gasteiger partial charge in [0.25, 0.3) is 11.5 Å². The molecule has 1 fully saturated rings. The third kappa shape index (κ3) is 3.77. The van der Waals surface area contributed by atoms with Crippen LogP contribution < -0.4 is 5.56 Å². The number of esters is 1. The monoisotopic (exact) mass is 429 g/mol. The van der Waals surface area contributed by atoms with Crippen molar-refractivity contribution >= 4 is 33.4 Å². The fourth-order valence-corrected chi connectivity index (χ4v) is 4.74. The van der Waals surface area contributed by atoms with Gasteiger partial charge in [-0.2, -0.15) is 0 Å². The molecule has 1 amide bonds. The molecule has 3 aromatic rings. The Bertz CT molecular complexity index is 1150. The summed E-state index contributed by atoms with van der Waals surface area (Å²) in [7, 11) is 0. The molecule has 1 saturated heterocycles. The van der Waals surface area contributed by atoms with Gasteiger partial charge in [-0.1, -0.05) is 0 Å². The number of nitrogens with zero attached hydrogens (tertiary/aromatic N) is 2. The number of amides is 1. The molecule has 9 heteroatoms. The van der Waals surface area contributed by atoms with E-state index < -0.39 is 18.0 Å². The van der Waals surface area contributed by atoms with Crippen LogP contribution in [0.4, 0.5) is 0 Å². The van der Waals surface area contributed by atoms with Crippen molar-refractivity contribution in [2.24, 2.45) is 5.92 Å². The molecule has 2 unspecified atom stereocenters. The zero-order valence-corrected chi connectivity index (χ0v) is 17.9. The van der Waals surface area contributed by atoms with E-state index in [4.69, 9.17) is 9.15 Å². The van der Waals surface area contributed by atoms with E-state index in [1.165, 1.54) is 17.6 Å². The Labute approximate surface area is 176 Å². The van der Waals surface area contributed by atoms with Crippen LogP contribution in [-0.2, 0) is 9.53 Å². The molecule has 2 atom stereocenters. The molecule has 4 rings (SSSR count). The topological polar surface area (TPSA) is 106 Å². The van der Waals surface area contributed by atoms with Gasteiger partial charge in [-0.3, -0.25) is 14.4 Å². The molecule has 0 radical (unpaired) electrons. The second-order valence-corrected chi connectivity index (χ2v) is 8.76. The van der Waals surface area contributed by atoms with Crippen molar-refractivity contribution in [3.05, 3.63) is 50.8 Å². The van der Waals surface area contributed by atoms with Crippen LogP contribution in [0.1, 0.15) is 52.7 Å². The molecule has 8 nitrogen and oxygen atoms in total. The van der Waals surface area contributed by atoms with E-state index in [9.17, 15) is 14.4 Å². The maximum absolute atomic E-state index is 12.7. The Morgan fingerprint density at radius 3 is 2.93 bits per heavy atom. The predicted molar refractivity (Wildman–Crippen MR) is 112 cm³/mol. The second-order valence-electron chi connectivity index (χ2n) is 7.56. The van der Waals surface area contributed by atoms with Gasteiger partial charge < -0.3 is 19.0 Å². The van der Waals surface area contributed by atoms with E-state index in [1.807, 2.05) is 13.8 Å². The number of hydrogen-bond acceptors (Lipinski definition) is 7. The van der Waals surface area contributed by atoms with Gasteiger partial charge in [0.1, 0.15) is 4.83 Å². The lowest BCUT2D eigenvalue weighted by Gasteiger charge is -2.31. The third-order valence-electron chi connectivity index (χ3n) is 5.51. The van der Waals surface area contributed by atoms with Gasteiger partial charge in [0.15, 0.2) is 17.7 Å². The summed E-state index contributed by atoms with van der Waals surface area (Å²) < 4.78 is 10.8. The minimum atomic E-state index is -0.700. The van der Waals surface area contributed by atoms with E-state index in [0.717, 1.165) is 10.4 Å². The summed E-state index contributed by atoms with van der Waals surface area (Å²) >= 11 is 1.45. The number of furan rings is 1. The van der Waals surface area contributed by atoms with Crippen molar-refractivity contribution in [1.82, 2.24) is 14.9 Å². The van der Waals surface area contributed by atoms with Gasteiger partial charge in [-0.05, 0) is 51.3 Å². The number of nitrogens with one attached hydrogen (secondary N) is 1. The maximum atomic E-state index is 12.7. The molecule has 4 heterocycles. The fraction of sp³-hybridized carbons (Fsp3) is 0.429. The first-order valence-electron chi connectivity index (χ1n) is 9.88. The zero-order chi connectivity index (χ0) is 21.4. The van der Waals surface area contributed by atoms with Gasteiger partial charge in [0, 0.05) is 18.0 Å². The molecule has 0 aromatic carbocycles. The molecule has 3 aromatic heterocycles. The van der Waals surface area contributed by atoms with Gasteiger partial charge >= 0.3 is 5.97 Å². The molecule has 0 bridgehead atoms. The number of carbonyl (C=O) groups excluding carboxylic acids is 2. The highest BCUT2D eigenvalue weighted by molar-refractivity contribution is 7.18. The Balaban J connectivity index is 1.46. The van der Waals surface area contributed by atoms with E-state index in [0.29, 0.717) is 35.4 Å². The van der Waals surface area contributed by atoms with Crippen LogP contribution in [0.15, 0.2) is 27.6 Å².